The highest BCUT2D eigenvalue weighted by atomic mass is 16.5. The van der Waals surface area contributed by atoms with Gasteiger partial charge in [-0.25, -0.2) is 9.97 Å². The molecule has 0 aliphatic carbocycles. The van der Waals surface area contributed by atoms with E-state index in [9.17, 15) is 5.11 Å². The Morgan fingerprint density at radius 3 is 2.96 bits per heavy atom. The Kier molecular flexibility index (Phi) is 4.62. The summed E-state index contributed by atoms with van der Waals surface area (Å²) >= 11 is 0. The van der Waals surface area contributed by atoms with E-state index in [1.165, 1.54) is 6.33 Å². The summed E-state index contributed by atoms with van der Waals surface area (Å²) in [5.41, 5.74) is 1.09. The van der Waals surface area contributed by atoms with Gasteiger partial charge in [0, 0.05) is 12.6 Å². The lowest BCUT2D eigenvalue weighted by molar-refractivity contribution is 0.194. The lowest BCUT2D eigenvalue weighted by Crippen LogP contribution is -2.25. The third-order valence-corrected chi connectivity index (χ3v) is 3.97. The van der Waals surface area contributed by atoms with Crippen molar-refractivity contribution in [3.05, 3.63) is 42.2 Å². The molecule has 0 saturated carbocycles. The predicted molar refractivity (Wildman–Crippen MR) is 86.9 cm³/mol. The second-order valence-electron chi connectivity index (χ2n) is 5.48. The van der Waals surface area contributed by atoms with Crippen LogP contribution in [0.5, 0.6) is 11.6 Å². The third kappa shape index (κ3) is 3.37. The van der Waals surface area contributed by atoms with E-state index in [2.05, 4.69) is 14.9 Å². The van der Waals surface area contributed by atoms with Gasteiger partial charge in [-0.2, -0.15) is 0 Å². The van der Waals surface area contributed by atoms with E-state index in [1.807, 2.05) is 37.3 Å². The molecule has 0 amide bonds. The van der Waals surface area contributed by atoms with Crippen molar-refractivity contribution >= 4 is 5.82 Å². The first kappa shape index (κ1) is 15.6. The zero-order valence-corrected chi connectivity index (χ0v) is 13.3. The molecule has 1 fully saturated rings. The Balaban J connectivity index is 1.91. The summed E-state index contributed by atoms with van der Waals surface area (Å²) in [6, 6.07) is 9.78. The predicted octanol–water partition coefficient (Wildman–Crippen LogP) is 2.20. The molecule has 2 unspecified atom stereocenters. The highest BCUT2D eigenvalue weighted by Gasteiger charge is 2.33. The van der Waals surface area contributed by atoms with E-state index in [1.54, 1.807) is 7.11 Å². The number of benzene rings is 1. The Morgan fingerprint density at radius 2 is 2.17 bits per heavy atom. The van der Waals surface area contributed by atoms with Crippen LogP contribution in [0, 0.1) is 0 Å². The standard InChI is InChI=1S/C17H21N3O3/c1-3-23-17-9-16(18-11-19-17)20-10-13(21)8-15(20)12-5-4-6-14(7-12)22-2/h4-7,9,11,13,15,21H,3,8,10H2,1-2H3. The molecule has 6 nitrogen and oxygen atoms in total. The SMILES string of the molecule is CCOc1cc(N2CC(O)CC2c2cccc(OC)c2)ncn1. The molecule has 0 bridgehead atoms. The number of aromatic nitrogens is 2. The van der Waals surface area contributed by atoms with Crippen LogP contribution in [-0.4, -0.2) is 41.4 Å². The van der Waals surface area contributed by atoms with Crippen LogP contribution in [0.2, 0.25) is 0 Å². The normalized spacial score (nSPS) is 20.6. The van der Waals surface area contributed by atoms with Crippen LogP contribution in [0.4, 0.5) is 5.82 Å². The van der Waals surface area contributed by atoms with Gasteiger partial charge in [-0.15, -0.1) is 0 Å². The Morgan fingerprint density at radius 1 is 1.30 bits per heavy atom. The van der Waals surface area contributed by atoms with Gasteiger partial charge in [0.1, 0.15) is 17.9 Å². The zero-order chi connectivity index (χ0) is 16.2. The van der Waals surface area contributed by atoms with Crippen LogP contribution in [0.3, 0.4) is 0 Å². The average Bonchev–Trinajstić information content (AvgIpc) is 2.97. The molecule has 1 saturated heterocycles. The second-order valence-corrected chi connectivity index (χ2v) is 5.48. The van der Waals surface area contributed by atoms with Crippen LogP contribution < -0.4 is 14.4 Å². The van der Waals surface area contributed by atoms with Gasteiger partial charge in [0.2, 0.25) is 5.88 Å². The summed E-state index contributed by atoms with van der Waals surface area (Å²) in [7, 11) is 1.65. The molecule has 2 atom stereocenters. The van der Waals surface area contributed by atoms with E-state index in [0.29, 0.717) is 25.5 Å². The Labute approximate surface area is 135 Å². The smallest absolute Gasteiger partial charge is 0.218 e. The number of hydrogen-bond donors (Lipinski definition) is 1. The quantitative estimate of drug-likeness (QED) is 0.912. The maximum Gasteiger partial charge on any atom is 0.218 e. The van der Waals surface area contributed by atoms with Crippen molar-refractivity contribution in [1.82, 2.24) is 9.97 Å². The molecule has 1 aromatic heterocycles. The van der Waals surface area contributed by atoms with Crippen LogP contribution in [0.15, 0.2) is 36.7 Å². The highest BCUT2D eigenvalue weighted by Crippen LogP contribution is 2.37. The van der Waals surface area contributed by atoms with Gasteiger partial charge in [-0.3, -0.25) is 0 Å². The molecule has 1 aromatic carbocycles. The summed E-state index contributed by atoms with van der Waals surface area (Å²) in [6.07, 6.45) is 1.76. The molecule has 0 radical (unpaired) electrons. The van der Waals surface area contributed by atoms with E-state index in [4.69, 9.17) is 9.47 Å². The van der Waals surface area contributed by atoms with Crippen molar-refractivity contribution in [3.63, 3.8) is 0 Å². The summed E-state index contributed by atoms with van der Waals surface area (Å²) in [6.45, 7) is 3.00. The van der Waals surface area contributed by atoms with Crippen molar-refractivity contribution in [3.8, 4) is 11.6 Å². The van der Waals surface area contributed by atoms with Gasteiger partial charge in [-0.05, 0) is 31.0 Å². The van der Waals surface area contributed by atoms with Gasteiger partial charge >= 0.3 is 0 Å². The molecular weight excluding hydrogens is 294 g/mol. The number of nitrogens with zero attached hydrogens (tertiary/aromatic N) is 3. The van der Waals surface area contributed by atoms with Gasteiger partial charge in [0.25, 0.3) is 0 Å². The third-order valence-electron chi connectivity index (χ3n) is 3.97. The van der Waals surface area contributed by atoms with Crippen molar-refractivity contribution in [1.29, 1.82) is 0 Å². The minimum Gasteiger partial charge on any atom is -0.497 e. The molecule has 2 heterocycles. The van der Waals surface area contributed by atoms with Crippen molar-refractivity contribution in [2.24, 2.45) is 0 Å². The lowest BCUT2D eigenvalue weighted by Gasteiger charge is -2.26. The Bertz CT molecular complexity index is 665. The van der Waals surface area contributed by atoms with Gasteiger partial charge in [0.05, 0.1) is 25.9 Å². The van der Waals surface area contributed by atoms with Crippen LogP contribution in [0.1, 0.15) is 24.9 Å². The number of aliphatic hydroxyl groups excluding tert-OH is 1. The maximum absolute atomic E-state index is 10.1. The molecule has 1 N–H and O–H groups in total. The van der Waals surface area contributed by atoms with E-state index in [-0.39, 0.29) is 6.04 Å². The number of β-amino-alcohol motifs (C(OH)–C–C–N with tert-alkyl or cyclic N) is 1. The summed E-state index contributed by atoms with van der Waals surface area (Å²) < 4.78 is 10.8. The molecule has 1 aliphatic heterocycles. The molecule has 23 heavy (non-hydrogen) atoms. The first-order valence-electron chi connectivity index (χ1n) is 7.74. The molecule has 122 valence electrons. The molecular formula is C17H21N3O3. The van der Waals surface area contributed by atoms with Crippen molar-refractivity contribution in [2.75, 3.05) is 25.2 Å². The minimum atomic E-state index is -0.392. The van der Waals surface area contributed by atoms with E-state index in [0.717, 1.165) is 17.1 Å². The first-order valence-corrected chi connectivity index (χ1v) is 7.74. The van der Waals surface area contributed by atoms with Crippen LogP contribution >= 0.6 is 0 Å². The largest absolute Gasteiger partial charge is 0.497 e. The summed E-state index contributed by atoms with van der Waals surface area (Å²) in [5, 5.41) is 10.1. The van der Waals surface area contributed by atoms with Crippen LogP contribution in [0.25, 0.3) is 0 Å². The highest BCUT2D eigenvalue weighted by molar-refractivity contribution is 5.47. The number of hydrogen-bond acceptors (Lipinski definition) is 6. The fraction of sp³-hybridized carbons (Fsp3) is 0.412. The van der Waals surface area contributed by atoms with Crippen molar-refractivity contribution < 1.29 is 14.6 Å². The number of ether oxygens (including phenoxy) is 2. The minimum absolute atomic E-state index is 0.0458. The average molecular weight is 315 g/mol. The maximum atomic E-state index is 10.1. The molecule has 1 aliphatic rings. The number of anilines is 1. The Hall–Kier alpha value is -2.34. The number of rotatable bonds is 5. The summed E-state index contributed by atoms with van der Waals surface area (Å²) in [5.74, 6) is 2.11. The van der Waals surface area contributed by atoms with Gasteiger partial charge in [0.15, 0.2) is 0 Å². The monoisotopic (exact) mass is 315 g/mol. The van der Waals surface area contributed by atoms with Crippen LogP contribution in [-0.2, 0) is 0 Å². The van der Waals surface area contributed by atoms with E-state index >= 15 is 0 Å². The molecule has 3 rings (SSSR count). The molecule has 2 aromatic rings. The van der Waals surface area contributed by atoms with Crippen molar-refractivity contribution in [2.45, 2.75) is 25.5 Å². The van der Waals surface area contributed by atoms with Gasteiger partial charge in [-0.1, -0.05) is 12.1 Å². The fourth-order valence-corrected chi connectivity index (χ4v) is 2.95. The zero-order valence-electron chi connectivity index (χ0n) is 13.3. The first-order chi connectivity index (χ1) is 11.2. The lowest BCUT2D eigenvalue weighted by atomic mass is 10.0. The number of methoxy groups -OCH3 is 1. The van der Waals surface area contributed by atoms with E-state index < -0.39 is 6.10 Å². The topological polar surface area (TPSA) is 67.7 Å². The second kappa shape index (κ2) is 6.83. The number of aliphatic hydroxyl groups is 1. The molecule has 0 spiro atoms. The fourth-order valence-electron chi connectivity index (χ4n) is 2.95. The summed E-state index contributed by atoms with van der Waals surface area (Å²) in [4.78, 5) is 10.5. The molecule has 6 heteroatoms. The van der Waals surface area contributed by atoms with Gasteiger partial charge < -0.3 is 19.5 Å².